The van der Waals surface area contributed by atoms with Crippen LogP contribution in [0.4, 0.5) is 11.8 Å². The summed E-state index contributed by atoms with van der Waals surface area (Å²) in [5.41, 5.74) is 7.76. The molecule has 1 aliphatic rings. The van der Waals surface area contributed by atoms with Crippen LogP contribution in [0.1, 0.15) is 30.6 Å². The number of aromatic nitrogens is 8. The predicted molar refractivity (Wildman–Crippen MR) is 123 cm³/mol. The lowest BCUT2D eigenvalue weighted by Gasteiger charge is -2.18. The second-order valence-corrected chi connectivity index (χ2v) is 8.23. The lowest BCUT2D eigenvalue weighted by molar-refractivity contribution is -0.0384. The van der Waals surface area contributed by atoms with Crippen LogP contribution in [0.25, 0.3) is 11.2 Å². The second-order valence-electron chi connectivity index (χ2n) is 8.23. The van der Waals surface area contributed by atoms with Crippen molar-refractivity contribution in [3.8, 4) is 0 Å². The molecule has 35 heavy (non-hydrogen) atoms. The van der Waals surface area contributed by atoms with Gasteiger partial charge in [0.2, 0.25) is 11.8 Å². The Bertz CT molecular complexity index is 1300. The average Bonchev–Trinajstić information content (AvgIpc) is 3.58. The van der Waals surface area contributed by atoms with Crippen molar-refractivity contribution >= 4 is 22.9 Å². The van der Waals surface area contributed by atoms with Crippen molar-refractivity contribution in [1.82, 2.24) is 39.7 Å². The van der Waals surface area contributed by atoms with Crippen LogP contribution in [0, 0.1) is 0 Å². The molecule has 0 radical (unpaired) electrons. The van der Waals surface area contributed by atoms with Gasteiger partial charge < -0.3 is 31.1 Å². The number of benzene rings is 1. The fourth-order valence-corrected chi connectivity index (χ4v) is 4.04. The number of fused-ring (bicyclic) bond motifs is 1. The Kier molecular flexibility index (Phi) is 6.25. The van der Waals surface area contributed by atoms with Gasteiger partial charge in [-0.15, -0.1) is 10.2 Å². The molecule has 4 heterocycles. The number of rotatable bonds is 8. The first-order valence-corrected chi connectivity index (χ1v) is 11.2. The molecule has 6 N–H and O–H groups in total. The zero-order valence-electron chi connectivity index (χ0n) is 18.9. The van der Waals surface area contributed by atoms with Gasteiger partial charge in [0.15, 0.2) is 23.8 Å². The van der Waals surface area contributed by atoms with E-state index in [2.05, 4.69) is 35.7 Å². The van der Waals surface area contributed by atoms with Gasteiger partial charge in [0, 0.05) is 0 Å². The molecule has 3 aromatic heterocycles. The van der Waals surface area contributed by atoms with Crippen LogP contribution in [0.3, 0.4) is 0 Å². The minimum atomic E-state index is -1.32. The molecule has 14 nitrogen and oxygen atoms in total. The SMILES string of the molecule is CCn1nnc([C@H]2O[C@@H](n3cnc4c(N)nc(NC(CO)Cc5ccccc5)nc43)[C@H](O)[C@@H]2O)n1. The van der Waals surface area contributed by atoms with E-state index in [4.69, 9.17) is 10.5 Å². The number of ether oxygens (including phenoxy) is 1. The van der Waals surface area contributed by atoms with Gasteiger partial charge in [-0.2, -0.15) is 14.8 Å². The largest absolute Gasteiger partial charge is 0.394 e. The smallest absolute Gasteiger partial charge is 0.227 e. The van der Waals surface area contributed by atoms with Crippen LogP contribution in [0.5, 0.6) is 0 Å². The zero-order chi connectivity index (χ0) is 24.5. The number of tetrazole rings is 1. The molecule has 1 fully saturated rings. The van der Waals surface area contributed by atoms with Crippen molar-refractivity contribution in [3.63, 3.8) is 0 Å². The summed E-state index contributed by atoms with van der Waals surface area (Å²) in [5, 5.41) is 46.3. The van der Waals surface area contributed by atoms with E-state index in [9.17, 15) is 15.3 Å². The Morgan fingerprint density at radius 2 is 1.97 bits per heavy atom. The summed E-state index contributed by atoms with van der Waals surface area (Å²) in [6.45, 7) is 2.20. The van der Waals surface area contributed by atoms with Crippen molar-refractivity contribution < 1.29 is 20.1 Å². The summed E-state index contributed by atoms with van der Waals surface area (Å²) in [6.07, 6.45) is -2.69. The summed E-state index contributed by atoms with van der Waals surface area (Å²) in [4.78, 5) is 14.4. The van der Waals surface area contributed by atoms with Gasteiger partial charge >= 0.3 is 0 Å². The molecule has 0 aliphatic carbocycles. The number of aliphatic hydroxyl groups is 3. The van der Waals surface area contributed by atoms with Crippen LogP contribution < -0.4 is 11.1 Å². The highest BCUT2D eigenvalue weighted by molar-refractivity contribution is 5.83. The molecule has 1 saturated heterocycles. The van der Waals surface area contributed by atoms with E-state index in [1.54, 1.807) is 0 Å². The second kappa shape index (κ2) is 9.50. The topological polar surface area (TPSA) is 195 Å². The molecule has 1 unspecified atom stereocenters. The standard InChI is InChI=1S/C21H26N10O4/c1-2-31-28-18(27-29-31)16-14(33)15(34)20(35-16)30-10-23-13-17(22)25-21(26-19(13)30)24-12(9-32)8-11-6-4-3-5-7-11/h3-7,10,12,14-16,20,32-34H,2,8-9H2,1H3,(H3,22,24,25,26)/t12?,14-,15+,16-,20+/m0/s1. The molecule has 1 aliphatic heterocycles. The van der Waals surface area contributed by atoms with E-state index in [-0.39, 0.29) is 30.2 Å². The van der Waals surface area contributed by atoms with Gasteiger partial charge in [-0.3, -0.25) is 4.57 Å². The third kappa shape index (κ3) is 4.39. The number of aliphatic hydroxyl groups excluding tert-OH is 3. The Morgan fingerprint density at radius 3 is 2.69 bits per heavy atom. The van der Waals surface area contributed by atoms with Gasteiger partial charge in [0.05, 0.1) is 25.5 Å². The Hall–Kier alpha value is -3.72. The highest BCUT2D eigenvalue weighted by Crippen LogP contribution is 2.38. The van der Waals surface area contributed by atoms with Gasteiger partial charge in [0.25, 0.3) is 0 Å². The van der Waals surface area contributed by atoms with Crippen LogP contribution in [-0.4, -0.2) is 79.9 Å². The molecule has 5 rings (SSSR count). The highest BCUT2D eigenvalue weighted by atomic mass is 16.6. The number of nitrogens with two attached hydrogens (primary N) is 1. The lowest BCUT2D eigenvalue weighted by Crippen LogP contribution is -2.29. The third-order valence-electron chi connectivity index (χ3n) is 5.85. The van der Waals surface area contributed by atoms with Gasteiger partial charge in [-0.1, -0.05) is 30.3 Å². The van der Waals surface area contributed by atoms with Gasteiger partial charge in [-0.05, 0) is 24.1 Å². The molecular weight excluding hydrogens is 456 g/mol. The van der Waals surface area contributed by atoms with E-state index >= 15 is 0 Å². The monoisotopic (exact) mass is 482 g/mol. The van der Waals surface area contributed by atoms with Gasteiger partial charge in [-0.25, -0.2) is 4.98 Å². The number of nitrogen functional groups attached to an aromatic ring is 1. The van der Waals surface area contributed by atoms with Crippen molar-refractivity contribution in [3.05, 3.63) is 48.0 Å². The van der Waals surface area contributed by atoms with E-state index < -0.39 is 24.5 Å². The van der Waals surface area contributed by atoms with Crippen LogP contribution in [0.2, 0.25) is 0 Å². The molecule has 0 bridgehead atoms. The van der Waals surface area contributed by atoms with E-state index in [0.717, 1.165) is 5.56 Å². The fourth-order valence-electron chi connectivity index (χ4n) is 4.04. The number of hydrogen-bond donors (Lipinski definition) is 5. The van der Waals surface area contributed by atoms with Crippen molar-refractivity contribution in [1.29, 1.82) is 0 Å². The van der Waals surface area contributed by atoms with E-state index in [1.807, 2.05) is 37.3 Å². The molecule has 5 atom stereocenters. The highest BCUT2D eigenvalue weighted by Gasteiger charge is 2.47. The average molecular weight is 483 g/mol. The summed E-state index contributed by atoms with van der Waals surface area (Å²) in [7, 11) is 0. The number of aryl methyl sites for hydroxylation is 1. The molecule has 0 saturated carbocycles. The van der Waals surface area contributed by atoms with Crippen molar-refractivity contribution in [2.24, 2.45) is 0 Å². The molecular formula is C21H26N10O4. The maximum absolute atomic E-state index is 10.7. The molecule has 184 valence electrons. The first-order chi connectivity index (χ1) is 17.0. The first-order valence-electron chi connectivity index (χ1n) is 11.2. The predicted octanol–water partition coefficient (Wildman–Crippen LogP) is -0.578. The molecule has 1 aromatic carbocycles. The minimum absolute atomic E-state index is 0.116. The van der Waals surface area contributed by atoms with Crippen molar-refractivity contribution in [2.45, 2.75) is 50.5 Å². The number of hydrogen-bond acceptors (Lipinski definition) is 12. The molecule has 0 amide bonds. The maximum atomic E-state index is 10.7. The summed E-state index contributed by atoms with van der Waals surface area (Å²) >= 11 is 0. The lowest BCUT2D eigenvalue weighted by atomic mass is 10.1. The van der Waals surface area contributed by atoms with Crippen LogP contribution in [-0.2, 0) is 17.7 Å². The quantitative estimate of drug-likeness (QED) is 0.215. The fraction of sp³-hybridized carbons (Fsp3) is 0.429. The normalized spacial score (nSPS) is 23.1. The summed E-state index contributed by atoms with van der Waals surface area (Å²) in [6, 6.07) is 9.34. The van der Waals surface area contributed by atoms with Crippen molar-refractivity contribution in [2.75, 3.05) is 17.7 Å². The Labute approximate surface area is 199 Å². The Balaban J connectivity index is 1.42. The first kappa shape index (κ1) is 23.0. The summed E-state index contributed by atoms with van der Waals surface area (Å²) < 4.78 is 7.40. The zero-order valence-corrected chi connectivity index (χ0v) is 18.9. The number of nitrogens with one attached hydrogen (secondary N) is 1. The van der Waals surface area contributed by atoms with Gasteiger partial charge in [0.1, 0.15) is 17.7 Å². The number of imidazole rings is 1. The molecule has 14 heteroatoms. The Morgan fingerprint density at radius 1 is 1.17 bits per heavy atom. The van der Waals surface area contributed by atoms with E-state index in [0.29, 0.717) is 24.1 Å². The van der Waals surface area contributed by atoms with Crippen LogP contribution >= 0.6 is 0 Å². The van der Waals surface area contributed by atoms with E-state index in [1.165, 1.54) is 15.7 Å². The summed E-state index contributed by atoms with van der Waals surface area (Å²) in [5.74, 6) is 0.460. The molecule has 0 spiro atoms. The maximum Gasteiger partial charge on any atom is 0.227 e. The molecule has 4 aromatic rings. The van der Waals surface area contributed by atoms with Crippen LogP contribution in [0.15, 0.2) is 36.7 Å². The third-order valence-corrected chi connectivity index (χ3v) is 5.85. The minimum Gasteiger partial charge on any atom is -0.394 e. The number of nitrogens with zero attached hydrogens (tertiary/aromatic N) is 8. The number of anilines is 2.